The molecular formula is C22H16F3N5O3S. The van der Waals surface area contributed by atoms with Gasteiger partial charge in [0, 0.05) is 6.54 Å². The minimum absolute atomic E-state index is 0.0661. The summed E-state index contributed by atoms with van der Waals surface area (Å²) in [6.07, 6.45) is -4.48. The topological polar surface area (TPSA) is 101 Å². The molecule has 1 aliphatic rings. The number of aromatic nitrogens is 3. The fourth-order valence-corrected chi connectivity index (χ4v) is 4.67. The van der Waals surface area contributed by atoms with Gasteiger partial charge in [-0.3, -0.25) is 9.59 Å². The molecule has 1 aliphatic heterocycles. The van der Waals surface area contributed by atoms with Crippen LogP contribution in [0.1, 0.15) is 22.1 Å². The molecule has 3 heterocycles. The summed E-state index contributed by atoms with van der Waals surface area (Å²) in [6.45, 7) is -1.24. The number of ketones is 1. The van der Waals surface area contributed by atoms with Crippen molar-refractivity contribution in [2.75, 3.05) is 18.0 Å². The van der Waals surface area contributed by atoms with E-state index < -0.39 is 42.4 Å². The van der Waals surface area contributed by atoms with Crippen LogP contribution in [0.3, 0.4) is 0 Å². The average Bonchev–Trinajstić information content (AvgIpc) is 3.56. The summed E-state index contributed by atoms with van der Waals surface area (Å²) >= 11 is 1.12. The van der Waals surface area contributed by atoms with Crippen molar-refractivity contribution in [1.82, 2.24) is 20.5 Å². The molecule has 1 atom stereocenters. The van der Waals surface area contributed by atoms with Gasteiger partial charge in [-0.1, -0.05) is 41.5 Å². The van der Waals surface area contributed by atoms with Gasteiger partial charge in [-0.15, -0.1) is 16.4 Å². The average molecular weight is 487 g/mol. The summed E-state index contributed by atoms with van der Waals surface area (Å²) in [6, 6.07) is 13.6. The number of alkyl halides is 3. The summed E-state index contributed by atoms with van der Waals surface area (Å²) < 4.78 is 45.5. The van der Waals surface area contributed by atoms with Crippen molar-refractivity contribution in [2.45, 2.75) is 18.6 Å². The molecule has 1 N–H and O–H groups in total. The van der Waals surface area contributed by atoms with Gasteiger partial charge in [-0.2, -0.15) is 13.2 Å². The second-order valence-electron chi connectivity index (χ2n) is 7.63. The molecule has 5 rings (SSSR count). The van der Waals surface area contributed by atoms with Crippen LogP contribution in [0, 0.1) is 0 Å². The molecule has 174 valence electrons. The summed E-state index contributed by atoms with van der Waals surface area (Å²) in [4.78, 5) is 29.9. The van der Waals surface area contributed by atoms with Crippen LogP contribution >= 0.6 is 11.3 Å². The van der Waals surface area contributed by atoms with Crippen LogP contribution in [0.2, 0.25) is 0 Å². The van der Waals surface area contributed by atoms with Gasteiger partial charge in [-0.05, 0) is 29.7 Å². The maximum absolute atomic E-state index is 13.1. The normalized spacial score (nSPS) is 16.1. The van der Waals surface area contributed by atoms with Crippen molar-refractivity contribution < 1.29 is 27.2 Å². The van der Waals surface area contributed by atoms with Crippen LogP contribution in [0.4, 0.5) is 19.2 Å². The lowest BCUT2D eigenvalue weighted by Crippen LogP contribution is -2.46. The highest BCUT2D eigenvalue weighted by Gasteiger charge is 2.41. The standard InChI is InChI=1S/C22H16F3N5O3S/c23-22(24,25)11-30(15-8-9-26-18(15)32)21-29-28-19(33-21)17(31)20-27-14-7-6-13(10-16(14)34-20)12-4-2-1-3-5-12/h1-7,10,15H,8-9,11H2,(H,26,32). The van der Waals surface area contributed by atoms with Crippen molar-refractivity contribution in [2.24, 2.45) is 0 Å². The number of halogens is 3. The van der Waals surface area contributed by atoms with E-state index in [0.717, 1.165) is 27.2 Å². The van der Waals surface area contributed by atoms with Crippen LogP contribution in [-0.4, -0.2) is 52.2 Å². The molecule has 0 aliphatic carbocycles. The Labute approximate surface area is 194 Å². The molecule has 34 heavy (non-hydrogen) atoms. The molecule has 1 amide bonds. The Bertz CT molecular complexity index is 1370. The van der Waals surface area contributed by atoms with E-state index >= 15 is 0 Å². The third-order valence-corrected chi connectivity index (χ3v) is 6.31. The Morgan fingerprint density at radius 3 is 2.65 bits per heavy atom. The molecule has 1 fully saturated rings. The van der Waals surface area contributed by atoms with Crippen molar-refractivity contribution in [3.63, 3.8) is 0 Å². The molecule has 0 radical (unpaired) electrons. The Morgan fingerprint density at radius 2 is 1.94 bits per heavy atom. The van der Waals surface area contributed by atoms with Gasteiger partial charge in [0.15, 0.2) is 5.01 Å². The van der Waals surface area contributed by atoms with Crippen LogP contribution < -0.4 is 10.2 Å². The van der Waals surface area contributed by atoms with Gasteiger partial charge in [0.25, 0.3) is 11.7 Å². The molecule has 1 saturated heterocycles. The maximum atomic E-state index is 13.1. The highest BCUT2D eigenvalue weighted by molar-refractivity contribution is 7.20. The summed E-state index contributed by atoms with van der Waals surface area (Å²) in [7, 11) is 0. The first-order chi connectivity index (χ1) is 16.3. The Balaban J connectivity index is 1.43. The molecule has 2 aromatic carbocycles. The molecule has 1 unspecified atom stereocenters. The van der Waals surface area contributed by atoms with Crippen molar-refractivity contribution in [3.8, 4) is 11.1 Å². The third-order valence-electron chi connectivity index (χ3n) is 5.29. The molecule has 0 bridgehead atoms. The van der Waals surface area contributed by atoms with E-state index in [4.69, 9.17) is 4.42 Å². The molecular weight excluding hydrogens is 471 g/mol. The first-order valence-corrected chi connectivity index (χ1v) is 11.1. The van der Waals surface area contributed by atoms with Crippen molar-refractivity contribution in [3.05, 3.63) is 59.4 Å². The third kappa shape index (κ3) is 4.36. The monoisotopic (exact) mass is 487 g/mol. The predicted molar refractivity (Wildman–Crippen MR) is 118 cm³/mol. The first-order valence-electron chi connectivity index (χ1n) is 10.2. The highest BCUT2D eigenvalue weighted by Crippen LogP contribution is 2.30. The number of hydrogen-bond acceptors (Lipinski definition) is 8. The number of thiazole rings is 1. The number of rotatable bonds is 6. The number of anilines is 1. The number of amides is 1. The lowest BCUT2D eigenvalue weighted by Gasteiger charge is -2.25. The van der Waals surface area contributed by atoms with Gasteiger partial charge in [0.1, 0.15) is 12.6 Å². The molecule has 8 nitrogen and oxygen atoms in total. The molecule has 2 aromatic heterocycles. The smallest absolute Gasteiger partial charge is 0.400 e. The Hall–Kier alpha value is -3.80. The van der Waals surface area contributed by atoms with Crippen LogP contribution in [0.25, 0.3) is 21.3 Å². The summed E-state index contributed by atoms with van der Waals surface area (Å²) in [5.41, 5.74) is 2.55. The van der Waals surface area contributed by atoms with Crippen LogP contribution in [0.15, 0.2) is 52.9 Å². The number of nitrogens with one attached hydrogen (secondary N) is 1. The minimum atomic E-state index is -4.62. The number of benzene rings is 2. The predicted octanol–water partition coefficient (Wildman–Crippen LogP) is 3.83. The Morgan fingerprint density at radius 1 is 1.15 bits per heavy atom. The minimum Gasteiger partial charge on any atom is -0.400 e. The quantitative estimate of drug-likeness (QED) is 0.413. The largest absolute Gasteiger partial charge is 0.406 e. The van der Waals surface area contributed by atoms with Crippen LogP contribution in [0.5, 0.6) is 0 Å². The fraction of sp³-hybridized carbons (Fsp3) is 0.227. The van der Waals surface area contributed by atoms with E-state index in [1.165, 1.54) is 0 Å². The number of hydrogen-bond donors (Lipinski definition) is 1. The second kappa shape index (κ2) is 8.52. The van der Waals surface area contributed by atoms with Gasteiger partial charge in [0.05, 0.1) is 10.2 Å². The molecule has 4 aromatic rings. The summed E-state index contributed by atoms with van der Waals surface area (Å²) in [5.74, 6) is -1.78. The maximum Gasteiger partial charge on any atom is 0.406 e. The zero-order valence-electron chi connectivity index (χ0n) is 17.4. The number of fused-ring (bicyclic) bond motifs is 1. The number of nitrogens with zero attached hydrogens (tertiary/aromatic N) is 4. The second-order valence-corrected chi connectivity index (χ2v) is 8.66. The SMILES string of the molecule is O=C(c1nnc(N(CC(F)(F)F)C2CCNC2=O)o1)c1nc2ccc(-c3ccccc3)cc2s1. The number of carbonyl (C=O) groups is 2. The molecule has 0 saturated carbocycles. The lowest BCUT2D eigenvalue weighted by atomic mass is 10.1. The Kier molecular flexibility index (Phi) is 5.52. The van der Waals surface area contributed by atoms with Gasteiger partial charge >= 0.3 is 12.2 Å². The van der Waals surface area contributed by atoms with E-state index in [1.54, 1.807) is 6.07 Å². The van der Waals surface area contributed by atoms with E-state index in [9.17, 15) is 22.8 Å². The van der Waals surface area contributed by atoms with Crippen molar-refractivity contribution >= 4 is 39.3 Å². The van der Waals surface area contributed by atoms with E-state index in [-0.39, 0.29) is 18.0 Å². The van der Waals surface area contributed by atoms with Gasteiger partial charge < -0.3 is 14.6 Å². The summed E-state index contributed by atoms with van der Waals surface area (Å²) in [5, 5.41) is 9.80. The lowest BCUT2D eigenvalue weighted by molar-refractivity contribution is -0.126. The first kappa shape index (κ1) is 22.0. The fourth-order valence-electron chi connectivity index (χ4n) is 3.73. The molecule has 0 spiro atoms. The zero-order chi connectivity index (χ0) is 23.9. The van der Waals surface area contributed by atoms with Gasteiger partial charge in [0.2, 0.25) is 5.91 Å². The van der Waals surface area contributed by atoms with E-state index in [0.29, 0.717) is 10.4 Å². The van der Waals surface area contributed by atoms with E-state index in [2.05, 4.69) is 20.5 Å². The molecule has 12 heteroatoms. The van der Waals surface area contributed by atoms with Crippen LogP contribution in [-0.2, 0) is 4.79 Å². The van der Waals surface area contributed by atoms with Gasteiger partial charge in [-0.25, -0.2) is 4.98 Å². The zero-order valence-corrected chi connectivity index (χ0v) is 18.2. The number of carbonyl (C=O) groups excluding carboxylic acids is 2. The van der Waals surface area contributed by atoms with Crippen molar-refractivity contribution in [1.29, 1.82) is 0 Å². The highest BCUT2D eigenvalue weighted by atomic mass is 32.1. The van der Waals surface area contributed by atoms with E-state index in [1.807, 2.05) is 42.5 Å².